The van der Waals surface area contributed by atoms with Crippen molar-refractivity contribution in [2.45, 2.75) is 47.6 Å². The van der Waals surface area contributed by atoms with E-state index in [9.17, 15) is 26.4 Å². The number of aromatic amines is 2. The summed E-state index contributed by atoms with van der Waals surface area (Å²) < 4.78 is 54.6. The summed E-state index contributed by atoms with van der Waals surface area (Å²) in [5, 5.41) is 2.63. The molecule has 2 saturated carbocycles. The highest BCUT2D eigenvalue weighted by atomic mass is 79.9. The number of pyridine rings is 2. The number of H-pyrrole nitrogens is 2. The van der Waals surface area contributed by atoms with Crippen LogP contribution >= 0.6 is 15.9 Å². The van der Waals surface area contributed by atoms with Crippen molar-refractivity contribution in [1.29, 1.82) is 0 Å². The Kier molecular flexibility index (Phi) is 11.4. The van der Waals surface area contributed by atoms with Crippen LogP contribution in [-0.2, 0) is 20.0 Å². The van der Waals surface area contributed by atoms with Crippen LogP contribution in [0.15, 0.2) is 140 Å². The van der Waals surface area contributed by atoms with Gasteiger partial charge in [-0.1, -0.05) is 36.4 Å². The van der Waals surface area contributed by atoms with Gasteiger partial charge in [-0.15, -0.1) is 0 Å². The molecule has 8 aromatic rings. The zero-order valence-corrected chi connectivity index (χ0v) is 38.2. The van der Waals surface area contributed by atoms with Gasteiger partial charge in [0.2, 0.25) is 20.0 Å². The molecule has 0 saturated heterocycles. The number of sulfonamides is 2. The lowest BCUT2D eigenvalue weighted by Crippen LogP contribution is -2.28. The predicted molar refractivity (Wildman–Crippen MR) is 255 cm³/mol. The van der Waals surface area contributed by atoms with E-state index in [2.05, 4.69) is 45.8 Å². The smallest absolute Gasteiger partial charge is 0.255 e. The standard InChI is InChI=1S/C23H20BrN5O3S.C23H21N5O3S/c1-29(15-5-6-15)33(31,32)16-7-2-13(3-8-16)20-12-26-22(25)21(28-20)14-4-9-17-18(10-14)19(24)11-27-23(17)30;1-28(17-5-6-17)32(30,31)18-7-2-14(3-8-18)20-13-26-22(24)21(27-20)16-4-9-19-15(12-16)10-11-25-23(19)29/h2-4,7-12,15H,5-6H2,1H3,(H2,25,26)(H,27,30);2-4,7-13,17H,5-6H2,1H3,(H2,24,26)(H,25,29). The average Bonchev–Trinajstić information content (AvgIpc) is 4.26. The first kappa shape index (κ1) is 43.6. The maximum Gasteiger partial charge on any atom is 0.255 e. The summed E-state index contributed by atoms with van der Waals surface area (Å²) in [5.41, 5.74) is 16.9. The van der Waals surface area contributed by atoms with E-state index in [4.69, 9.17) is 11.5 Å². The maximum absolute atomic E-state index is 12.8. The van der Waals surface area contributed by atoms with E-state index < -0.39 is 20.0 Å². The van der Waals surface area contributed by atoms with Crippen molar-refractivity contribution in [2.75, 3.05) is 25.6 Å². The molecule has 0 amide bonds. The summed E-state index contributed by atoms with van der Waals surface area (Å²) in [6.45, 7) is 0. The van der Waals surface area contributed by atoms with Gasteiger partial charge < -0.3 is 21.4 Å². The van der Waals surface area contributed by atoms with Gasteiger partial charge in [-0.05, 0) is 102 Å². The van der Waals surface area contributed by atoms with Crippen molar-refractivity contribution in [3.05, 3.63) is 141 Å². The highest BCUT2D eigenvalue weighted by Gasteiger charge is 2.36. The molecule has 0 unspecified atom stereocenters. The van der Waals surface area contributed by atoms with Crippen LogP contribution in [0.2, 0.25) is 0 Å². The number of hydrogen-bond donors (Lipinski definition) is 4. The molecule has 4 aromatic carbocycles. The molecule has 0 spiro atoms. The van der Waals surface area contributed by atoms with Gasteiger partial charge in [0.1, 0.15) is 23.0 Å². The van der Waals surface area contributed by atoms with E-state index in [1.165, 1.54) is 8.61 Å². The number of nitrogens with zero attached hydrogens (tertiary/aromatic N) is 6. The van der Waals surface area contributed by atoms with Gasteiger partial charge in [0.25, 0.3) is 11.1 Å². The Bertz CT molecular complexity index is 3510. The SMILES string of the molecule is CN(C1CC1)S(=O)(=O)c1ccc(-c2cnc(N)c(-c3ccc4c(=O)[nH]cc(Br)c4c3)n2)cc1.CN(C1CC1)S(=O)(=O)c1ccc(-c2cnc(N)c(-c3ccc4c(=O)[nH]ccc4c3)n2)cc1. The number of nitrogen functional groups attached to an aromatic ring is 2. The number of benzene rings is 4. The van der Waals surface area contributed by atoms with Crippen LogP contribution in [0.5, 0.6) is 0 Å². The topological polar surface area (TPSA) is 244 Å². The maximum atomic E-state index is 12.8. The summed E-state index contributed by atoms with van der Waals surface area (Å²) in [4.78, 5) is 47.8. The molecule has 2 aliphatic carbocycles. The van der Waals surface area contributed by atoms with Crippen LogP contribution in [0.4, 0.5) is 11.6 Å². The summed E-state index contributed by atoms with van der Waals surface area (Å²) in [7, 11) is -3.78. The third-order valence-electron chi connectivity index (χ3n) is 11.5. The number of rotatable bonds is 10. The molecule has 0 bridgehead atoms. The molecule has 4 heterocycles. The fourth-order valence-electron chi connectivity index (χ4n) is 7.41. The minimum atomic E-state index is -3.52. The van der Waals surface area contributed by atoms with Gasteiger partial charge in [-0.2, -0.15) is 8.61 Å². The molecule has 19 heteroatoms. The van der Waals surface area contributed by atoms with Crippen molar-refractivity contribution in [1.82, 2.24) is 38.5 Å². The zero-order chi connectivity index (χ0) is 45.8. The van der Waals surface area contributed by atoms with E-state index in [1.54, 1.807) is 112 Å². The normalized spacial score (nSPS) is 14.2. The molecule has 0 atom stereocenters. The second kappa shape index (κ2) is 17.1. The predicted octanol–water partition coefficient (Wildman–Crippen LogP) is 6.80. The molecule has 4 aromatic heterocycles. The fourth-order valence-corrected chi connectivity index (χ4v) is 10.7. The summed E-state index contributed by atoms with van der Waals surface area (Å²) in [6.07, 6.45) is 9.91. The molecule has 6 N–H and O–H groups in total. The lowest BCUT2D eigenvalue weighted by atomic mass is 10.1. The first-order valence-electron chi connectivity index (χ1n) is 20.5. The van der Waals surface area contributed by atoms with E-state index >= 15 is 0 Å². The quantitative estimate of drug-likeness (QED) is 0.111. The average molecular weight is 974 g/mol. The third kappa shape index (κ3) is 8.67. The monoisotopic (exact) mass is 972 g/mol. The van der Waals surface area contributed by atoms with E-state index in [0.717, 1.165) is 57.6 Å². The molecule has 330 valence electrons. The summed E-state index contributed by atoms with van der Waals surface area (Å²) in [5.74, 6) is 0.521. The van der Waals surface area contributed by atoms with E-state index in [0.29, 0.717) is 39.1 Å². The summed E-state index contributed by atoms with van der Waals surface area (Å²) in [6, 6.07) is 25.9. The minimum Gasteiger partial charge on any atom is -0.382 e. The molecule has 0 aliphatic heterocycles. The molecule has 16 nitrogen and oxygen atoms in total. The van der Waals surface area contributed by atoms with Gasteiger partial charge in [0.15, 0.2) is 0 Å². The van der Waals surface area contributed by atoms with Crippen molar-refractivity contribution in [2.24, 2.45) is 0 Å². The molecular formula is C46H41BrN10O6S2. The number of hydrogen-bond acceptors (Lipinski definition) is 12. The van der Waals surface area contributed by atoms with E-state index in [-0.39, 0.29) is 44.6 Å². The largest absolute Gasteiger partial charge is 0.382 e. The summed E-state index contributed by atoms with van der Waals surface area (Å²) >= 11 is 3.46. The second-order valence-corrected chi connectivity index (χ2v) is 20.7. The first-order chi connectivity index (χ1) is 31.1. The molecular weight excluding hydrogens is 933 g/mol. The van der Waals surface area contributed by atoms with Crippen LogP contribution in [0.1, 0.15) is 25.7 Å². The lowest BCUT2D eigenvalue weighted by Gasteiger charge is -2.16. The fraction of sp³-hybridized carbons (Fsp3) is 0.174. The Morgan fingerprint density at radius 2 is 1.03 bits per heavy atom. The number of aromatic nitrogens is 6. The zero-order valence-electron chi connectivity index (χ0n) is 34.9. The highest BCUT2D eigenvalue weighted by Crippen LogP contribution is 2.35. The van der Waals surface area contributed by atoms with Crippen molar-refractivity contribution >= 4 is 69.2 Å². The number of fused-ring (bicyclic) bond motifs is 2. The Hall–Kier alpha value is -6.64. The minimum absolute atomic E-state index is 0.0952. The molecule has 10 rings (SSSR count). The third-order valence-corrected chi connectivity index (χ3v) is 16.1. The number of nitrogens with one attached hydrogen (secondary N) is 2. The number of anilines is 2. The van der Waals surface area contributed by atoms with Gasteiger partial charge in [-0.25, -0.2) is 36.8 Å². The lowest BCUT2D eigenvalue weighted by molar-refractivity contribution is 0.463. The molecule has 65 heavy (non-hydrogen) atoms. The number of halogens is 1. The Balaban J connectivity index is 0.000000164. The van der Waals surface area contributed by atoms with Gasteiger partial charge in [0, 0.05) is 81.5 Å². The van der Waals surface area contributed by atoms with Crippen LogP contribution in [0.25, 0.3) is 66.6 Å². The van der Waals surface area contributed by atoms with Gasteiger partial charge in [0.05, 0.1) is 33.6 Å². The molecule has 2 aliphatic rings. The Morgan fingerprint density at radius 1 is 0.585 bits per heavy atom. The van der Waals surface area contributed by atoms with Gasteiger partial charge in [-0.3, -0.25) is 9.59 Å². The Labute approximate surface area is 381 Å². The van der Waals surface area contributed by atoms with Crippen molar-refractivity contribution < 1.29 is 16.8 Å². The second-order valence-electron chi connectivity index (χ2n) is 15.9. The van der Waals surface area contributed by atoms with Crippen LogP contribution < -0.4 is 22.6 Å². The van der Waals surface area contributed by atoms with E-state index in [1.807, 2.05) is 18.2 Å². The van der Waals surface area contributed by atoms with Crippen LogP contribution in [-0.4, -0.2) is 81.5 Å². The van der Waals surface area contributed by atoms with Crippen LogP contribution in [0, 0.1) is 0 Å². The van der Waals surface area contributed by atoms with Crippen molar-refractivity contribution in [3.8, 4) is 45.0 Å². The molecule has 0 radical (unpaired) electrons. The highest BCUT2D eigenvalue weighted by molar-refractivity contribution is 9.10. The van der Waals surface area contributed by atoms with Gasteiger partial charge >= 0.3 is 0 Å². The Morgan fingerprint density at radius 3 is 1.52 bits per heavy atom. The van der Waals surface area contributed by atoms with Crippen LogP contribution in [0.3, 0.4) is 0 Å². The molecule has 2 fully saturated rings. The first-order valence-corrected chi connectivity index (χ1v) is 24.1. The number of nitrogens with two attached hydrogens (primary N) is 2. The van der Waals surface area contributed by atoms with Crippen molar-refractivity contribution in [3.63, 3.8) is 0 Å².